The Bertz CT molecular complexity index is 1190. The van der Waals surface area contributed by atoms with Crippen LogP contribution in [0.1, 0.15) is 129 Å². The van der Waals surface area contributed by atoms with Gasteiger partial charge in [-0.2, -0.15) is 0 Å². The summed E-state index contributed by atoms with van der Waals surface area (Å²) in [5.41, 5.74) is 0. The van der Waals surface area contributed by atoms with E-state index < -0.39 is 13.9 Å². The summed E-state index contributed by atoms with van der Waals surface area (Å²) in [5.74, 6) is -0.374. The van der Waals surface area contributed by atoms with Crippen LogP contribution in [0.15, 0.2) is 97.2 Å². The Morgan fingerprint density at radius 1 is 0.564 bits per heavy atom. The van der Waals surface area contributed by atoms with Crippen LogP contribution in [0.25, 0.3) is 0 Å². The molecule has 314 valence electrons. The van der Waals surface area contributed by atoms with E-state index in [1.165, 1.54) is 0 Å². The lowest BCUT2D eigenvalue weighted by atomic mass is 10.1. The fourth-order valence-electron chi connectivity index (χ4n) is 4.94. The van der Waals surface area contributed by atoms with Gasteiger partial charge in [0.2, 0.25) is 0 Å². The Labute approximate surface area is 337 Å². The number of phosphoric ester groups is 1. The molecule has 0 aliphatic rings. The lowest BCUT2D eigenvalue weighted by Gasteiger charge is -2.28. The summed E-state index contributed by atoms with van der Waals surface area (Å²) >= 11 is 0. The maximum Gasteiger partial charge on any atom is 0.306 e. The molecule has 0 saturated carbocycles. The number of ether oxygens (including phenoxy) is 2. The molecule has 0 radical (unpaired) electrons. The minimum Gasteiger partial charge on any atom is -0.756 e. The first kappa shape index (κ1) is 52.4. The number of phosphoric acid groups is 1. The zero-order valence-corrected chi connectivity index (χ0v) is 36.2. The molecule has 55 heavy (non-hydrogen) atoms. The standard InChI is InChI=1S/C46H78NO7P/c1-6-8-10-12-14-16-18-20-22-24-25-27-29-31-33-35-37-39-46(48)54-45(44-53-55(49,50)52-42-40-47(3,4)5)43-51-41-38-36-34-32-30-28-26-23-21-19-17-15-13-11-9-7-2/h8-11,14-17,20-23,25,27-28,30,45H,6-7,12-13,18-19,24,26,29,31-44H2,1-5H3/b10-8-,11-9-,16-14-,17-15-,22-20-,23-21-,27-25-,30-28-. The first-order valence-electron chi connectivity index (χ1n) is 21.0. The second kappa shape index (κ2) is 38.3. The van der Waals surface area contributed by atoms with Crippen molar-refractivity contribution in [3.05, 3.63) is 97.2 Å². The van der Waals surface area contributed by atoms with Crippen LogP contribution in [0.3, 0.4) is 0 Å². The molecule has 0 saturated heterocycles. The van der Waals surface area contributed by atoms with Crippen LogP contribution in [-0.2, 0) is 27.9 Å². The van der Waals surface area contributed by atoms with Crippen molar-refractivity contribution in [2.24, 2.45) is 0 Å². The molecular formula is C46H78NO7P. The predicted molar refractivity (Wildman–Crippen MR) is 231 cm³/mol. The van der Waals surface area contributed by atoms with Crippen molar-refractivity contribution in [3.63, 3.8) is 0 Å². The van der Waals surface area contributed by atoms with E-state index in [1.54, 1.807) is 0 Å². The number of likely N-dealkylation sites (N-methyl/N-ethyl adjacent to an activating group) is 1. The van der Waals surface area contributed by atoms with Crippen molar-refractivity contribution in [1.29, 1.82) is 0 Å². The molecule has 0 aliphatic carbocycles. The van der Waals surface area contributed by atoms with Crippen LogP contribution >= 0.6 is 7.82 Å². The number of carbonyl (C=O) groups is 1. The summed E-state index contributed by atoms with van der Waals surface area (Å²) < 4.78 is 34.5. The van der Waals surface area contributed by atoms with Crippen LogP contribution < -0.4 is 4.89 Å². The van der Waals surface area contributed by atoms with Gasteiger partial charge in [-0.15, -0.1) is 0 Å². The highest BCUT2D eigenvalue weighted by Gasteiger charge is 2.20. The molecule has 0 aliphatic heterocycles. The van der Waals surface area contributed by atoms with Gasteiger partial charge in [0.25, 0.3) is 7.82 Å². The van der Waals surface area contributed by atoms with Gasteiger partial charge in [-0.05, 0) is 89.9 Å². The fraction of sp³-hybridized carbons (Fsp3) is 0.630. The molecule has 0 amide bonds. The molecule has 0 N–H and O–H groups in total. The van der Waals surface area contributed by atoms with Gasteiger partial charge < -0.3 is 27.9 Å². The molecule has 0 fully saturated rings. The van der Waals surface area contributed by atoms with Gasteiger partial charge in [-0.1, -0.05) is 130 Å². The number of rotatable bonds is 37. The second-order valence-corrected chi connectivity index (χ2v) is 16.0. The van der Waals surface area contributed by atoms with Gasteiger partial charge in [0.1, 0.15) is 19.3 Å². The normalized spacial score (nSPS) is 14.8. The SMILES string of the molecule is CC/C=C\C/C=C\C/C=C\C/C=C\CCCCCCC(=O)OC(COCCCCC/C=C\C/C=C\C/C=C\C/C=C\CC)COP(=O)([O-])OCC[N+](C)(C)C. The van der Waals surface area contributed by atoms with E-state index in [9.17, 15) is 14.3 Å². The highest BCUT2D eigenvalue weighted by molar-refractivity contribution is 7.45. The van der Waals surface area contributed by atoms with E-state index in [-0.39, 0.29) is 32.2 Å². The second-order valence-electron chi connectivity index (χ2n) is 14.6. The zero-order chi connectivity index (χ0) is 40.6. The van der Waals surface area contributed by atoms with Gasteiger partial charge in [0.15, 0.2) is 0 Å². The maximum atomic E-state index is 12.7. The molecule has 2 unspecified atom stereocenters. The van der Waals surface area contributed by atoms with Crippen molar-refractivity contribution < 1.29 is 37.3 Å². The van der Waals surface area contributed by atoms with Gasteiger partial charge in [-0.25, -0.2) is 0 Å². The molecule has 2 atom stereocenters. The maximum absolute atomic E-state index is 12.7. The third-order valence-corrected chi connectivity index (χ3v) is 9.09. The predicted octanol–water partition coefficient (Wildman–Crippen LogP) is 11.6. The summed E-state index contributed by atoms with van der Waals surface area (Å²) in [6.45, 7) is 5.03. The number of hydrogen-bond donors (Lipinski definition) is 0. The van der Waals surface area contributed by atoms with E-state index >= 15 is 0 Å². The van der Waals surface area contributed by atoms with E-state index in [4.69, 9.17) is 18.5 Å². The Morgan fingerprint density at radius 3 is 1.47 bits per heavy atom. The molecule has 0 aromatic carbocycles. The molecule has 0 bridgehead atoms. The molecule has 0 rings (SSSR count). The third-order valence-electron chi connectivity index (χ3n) is 8.13. The first-order valence-corrected chi connectivity index (χ1v) is 22.4. The van der Waals surface area contributed by atoms with Gasteiger partial charge >= 0.3 is 5.97 Å². The molecule has 8 nitrogen and oxygen atoms in total. The number of nitrogens with zero attached hydrogens (tertiary/aromatic N) is 1. The summed E-state index contributed by atoms with van der Waals surface area (Å²) in [5, 5.41) is 0. The Hall–Kier alpha value is -2.58. The Kier molecular flexibility index (Phi) is 36.5. The molecule has 0 aromatic rings. The third kappa shape index (κ3) is 42.4. The quantitative estimate of drug-likeness (QED) is 0.0203. The van der Waals surface area contributed by atoms with Gasteiger partial charge in [0.05, 0.1) is 34.4 Å². The average Bonchev–Trinajstić information content (AvgIpc) is 3.13. The summed E-state index contributed by atoms with van der Waals surface area (Å²) in [7, 11) is 1.30. The van der Waals surface area contributed by atoms with E-state index in [1.807, 2.05) is 21.1 Å². The monoisotopic (exact) mass is 788 g/mol. The van der Waals surface area contributed by atoms with Crippen LogP contribution in [0.2, 0.25) is 0 Å². The fourth-order valence-corrected chi connectivity index (χ4v) is 5.67. The first-order chi connectivity index (χ1) is 26.6. The van der Waals surface area contributed by atoms with Crippen molar-refractivity contribution in [1.82, 2.24) is 0 Å². The molecule has 0 aromatic heterocycles. The topological polar surface area (TPSA) is 94.1 Å². The number of quaternary nitrogens is 1. The number of allylic oxidation sites excluding steroid dienone is 16. The van der Waals surface area contributed by atoms with E-state index in [0.717, 1.165) is 109 Å². The Morgan fingerprint density at radius 2 is 1.00 bits per heavy atom. The lowest BCUT2D eigenvalue weighted by Crippen LogP contribution is -2.37. The number of esters is 1. The summed E-state index contributed by atoms with van der Waals surface area (Å²) in [6, 6.07) is 0. The van der Waals surface area contributed by atoms with Crippen LogP contribution in [-0.4, -0.2) is 70.7 Å². The smallest absolute Gasteiger partial charge is 0.306 e. The molecule has 0 spiro atoms. The minimum atomic E-state index is -4.55. The largest absolute Gasteiger partial charge is 0.756 e. The summed E-state index contributed by atoms with van der Waals surface area (Å²) in [4.78, 5) is 25.0. The van der Waals surface area contributed by atoms with Gasteiger partial charge in [0, 0.05) is 13.0 Å². The van der Waals surface area contributed by atoms with Crippen LogP contribution in [0.4, 0.5) is 0 Å². The van der Waals surface area contributed by atoms with E-state index in [0.29, 0.717) is 17.6 Å². The molecule has 9 heteroatoms. The average molecular weight is 788 g/mol. The van der Waals surface area contributed by atoms with Crippen molar-refractivity contribution in [2.45, 2.75) is 136 Å². The van der Waals surface area contributed by atoms with Crippen molar-refractivity contribution in [2.75, 3.05) is 54.1 Å². The van der Waals surface area contributed by atoms with E-state index in [2.05, 4.69) is 111 Å². The molecular weight excluding hydrogens is 709 g/mol. The lowest BCUT2D eigenvalue weighted by molar-refractivity contribution is -0.870. The molecule has 0 heterocycles. The number of carbonyl (C=O) groups excluding carboxylic acids is 1. The highest BCUT2D eigenvalue weighted by atomic mass is 31.2. The Balaban J connectivity index is 4.40. The van der Waals surface area contributed by atoms with Gasteiger partial charge in [-0.3, -0.25) is 9.36 Å². The van der Waals surface area contributed by atoms with Crippen molar-refractivity contribution in [3.8, 4) is 0 Å². The number of hydrogen-bond acceptors (Lipinski definition) is 7. The summed E-state index contributed by atoms with van der Waals surface area (Å²) in [6.07, 6.45) is 51.4. The minimum absolute atomic E-state index is 0.00836. The highest BCUT2D eigenvalue weighted by Crippen LogP contribution is 2.38. The number of unbranched alkanes of at least 4 members (excludes halogenated alkanes) is 7. The zero-order valence-electron chi connectivity index (χ0n) is 35.3. The van der Waals surface area contributed by atoms with Crippen LogP contribution in [0, 0.1) is 0 Å². The van der Waals surface area contributed by atoms with Crippen molar-refractivity contribution >= 4 is 13.8 Å². The van der Waals surface area contributed by atoms with Crippen LogP contribution in [0.5, 0.6) is 0 Å².